The molecular weight excluding hydrogens is 905 g/mol. The molecular formula is C53H26F4O8S2. The van der Waals surface area contributed by atoms with E-state index in [0.29, 0.717) is 20.9 Å². The molecule has 8 nitrogen and oxygen atoms in total. The molecule has 0 unspecified atom stereocenters. The van der Waals surface area contributed by atoms with Crippen LogP contribution in [0.3, 0.4) is 0 Å². The maximum Gasteiger partial charge on any atom is 0.333 e. The number of rotatable bonds is 8. The van der Waals surface area contributed by atoms with Crippen LogP contribution in [0.5, 0.6) is 0 Å². The van der Waals surface area contributed by atoms with Crippen molar-refractivity contribution in [3.05, 3.63) is 210 Å². The highest BCUT2D eigenvalue weighted by Crippen LogP contribution is 2.58. The summed E-state index contributed by atoms with van der Waals surface area (Å²) in [6, 6.07) is 29.6. The van der Waals surface area contributed by atoms with Gasteiger partial charge in [-0.1, -0.05) is 60.7 Å². The molecule has 3 aliphatic carbocycles. The largest absolute Gasteiger partial charge is 0.459 e. The lowest BCUT2D eigenvalue weighted by molar-refractivity contribution is -0.164. The van der Waals surface area contributed by atoms with E-state index in [1.165, 1.54) is 48.6 Å². The van der Waals surface area contributed by atoms with E-state index in [2.05, 4.69) is 0 Å². The van der Waals surface area contributed by atoms with Crippen LogP contribution in [-0.2, 0) is 37.7 Å². The summed E-state index contributed by atoms with van der Waals surface area (Å²) in [6.45, 7) is -0.486. The summed E-state index contributed by atoms with van der Waals surface area (Å²) >= 11 is 2.11. The number of ether oxygens (including phenoxy) is 2. The highest BCUT2D eigenvalue weighted by molar-refractivity contribution is 7.23. The molecule has 0 radical (unpaired) electrons. The number of hydrogen-bond donors (Lipinski definition) is 0. The number of allylic oxidation sites excluding steroid dienone is 2. The first-order chi connectivity index (χ1) is 32.3. The molecule has 67 heavy (non-hydrogen) atoms. The first kappa shape index (κ1) is 41.7. The summed E-state index contributed by atoms with van der Waals surface area (Å²) in [5, 5.41) is 0.845. The number of hydrogen-bond acceptors (Lipinski definition) is 10. The minimum absolute atomic E-state index is 0.00834. The molecule has 0 bridgehead atoms. The average molecular weight is 931 g/mol. The Balaban J connectivity index is 1.05. The van der Waals surface area contributed by atoms with Crippen molar-refractivity contribution in [1.29, 1.82) is 0 Å². The van der Waals surface area contributed by atoms with Crippen LogP contribution in [0.2, 0.25) is 0 Å². The van der Waals surface area contributed by atoms with Gasteiger partial charge in [0.1, 0.15) is 13.2 Å². The van der Waals surface area contributed by atoms with Gasteiger partial charge in [0.15, 0.2) is 46.4 Å². The Morgan fingerprint density at radius 2 is 0.776 bits per heavy atom. The van der Waals surface area contributed by atoms with Crippen LogP contribution < -0.4 is 0 Å². The molecule has 0 atom stereocenters. The van der Waals surface area contributed by atoms with E-state index >= 15 is 0 Å². The van der Waals surface area contributed by atoms with E-state index in [1.54, 1.807) is 60.7 Å². The first-order valence-corrected chi connectivity index (χ1v) is 22.1. The highest BCUT2D eigenvalue weighted by Gasteiger charge is 2.60. The zero-order chi connectivity index (χ0) is 46.5. The fourth-order valence-electron chi connectivity index (χ4n) is 8.86. The standard InChI is InChI=1S/C53H26F4O8S2/c54-41-15-27-11-33-34(12-28(27)16-42(41)55)46(59)37(45(33)58)19-31-21-39-49(66-31)50-40(53(39,51(62)64-23-25-7-3-1-4-8-25)52(63)65-24-26-9-5-2-6-10-26)22-32(67-50)20-38-47(60)35-13-29-17-43(56)44(57)18-30(29)14-36(35)48(38)61/h1-22H,23-24H2. The number of thiophene rings is 2. The van der Waals surface area contributed by atoms with E-state index in [4.69, 9.17) is 9.47 Å². The Labute approximate surface area is 384 Å². The summed E-state index contributed by atoms with van der Waals surface area (Å²) in [5.41, 5.74) is -1.37. The van der Waals surface area contributed by atoms with E-state index < -0.39 is 63.8 Å². The van der Waals surface area contributed by atoms with Gasteiger partial charge in [-0.15, -0.1) is 22.7 Å². The van der Waals surface area contributed by atoms with Crippen LogP contribution in [0.15, 0.2) is 132 Å². The van der Waals surface area contributed by atoms with Gasteiger partial charge in [0, 0.05) is 43.1 Å². The number of benzene rings is 6. The number of ketones is 4. The zero-order valence-electron chi connectivity index (χ0n) is 34.2. The molecule has 0 amide bonds. The van der Waals surface area contributed by atoms with Gasteiger partial charge < -0.3 is 9.47 Å². The van der Waals surface area contributed by atoms with Crippen molar-refractivity contribution in [2.75, 3.05) is 0 Å². The third kappa shape index (κ3) is 6.62. The van der Waals surface area contributed by atoms with Gasteiger partial charge in [-0.25, -0.2) is 17.6 Å². The van der Waals surface area contributed by atoms with Gasteiger partial charge in [-0.2, -0.15) is 0 Å². The van der Waals surface area contributed by atoms with Gasteiger partial charge >= 0.3 is 11.9 Å². The Kier molecular flexibility index (Phi) is 9.72. The molecule has 2 aromatic heterocycles. The SMILES string of the molecule is O=C1C(=Cc2cc3c(s2)-c2sc(C=C4C(=O)c5cc6cc(F)c(F)cc6cc5C4=O)cc2C3(C(=O)OCc2ccccc2)C(=O)OCc2ccccc2)C(=O)c2cc3cc(F)c(F)cc3cc21. The normalized spacial score (nSPS) is 14.4. The molecule has 6 aromatic carbocycles. The zero-order valence-corrected chi connectivity index (χ0v) is 35.8. The Morgan fingerprint density at radius 1 is 0.463 bits per heavy atom. The molecule has 8 aromatic rings. The lowest BCUT2D eigenvalue weighted by Gasteiger charge is -2.26. The summed E-state index contributed by atoms with van der Waals surface area (Å²) in [7, 11) is 0. The molecule has 326 valence electrons. The van der Waals surface area contributed by atoms with Gasteiger partial charge in [-0.05, 0) is 105 Å². The van der Waals surface area contributed by atoms with Crippen molar-refractivity contribution in [2.45, 2.75) is 18.6 Å². The molecule has 0 N–H and O–H groups in total. The molecule has 0 saturated carbocycles. The average Bonchev–Trinajstić information content (AvgIpc) is 4.09. The van der Waals surface area contributed by atoms with Crippen molar-refractivity contribution in [3.8, 4) is 9.75 Å². The van der Waals surface area contributed by atoms with Gasteiger partial charge in [-0.3, -0.25) is 28.8 Å². The van der Waals surface area contributed by atoms with Gasteiger partial charge in [0.2, 0.25) is 5.41 Å². The molecule has 0 spiro atoms. The first-order valence-electron chi connectivity index (χ1n) is 20.5. The molecule has 14 heteroatoms. The molecule has 3 aliphatic rings. The Hall–Kier alpha value is -7.94. The van der Waals surface area contributed by atoms with Crippen LogP contribution in [0.1, 0.15) is 73.4 Å². The molecule has 2 heterocycles. The second kappa shape index (κ2) is 15.6. The van der Waals surface area contributed by atoms with Gasteiger partial charge in [0.05, 0.1) is 20.9 Å². The summed E-state index contributed by atoms with van der Waals surface area (Å²) in [6.07, 6.45) is 2.67. The fraction of sp³-hybridized carbons (Fsp3) is 0.0566. The molecule has 0 aliphatic heterocycles. The number of esters is 2. The Morgan fingerprint density at radius 3 is 1.09 bits per heavy atom. The third-order valence-electron chi connectivity index (χ3n) is 12.1. The maximum atomic E-state index is 15.0. The van der Waals surface area contributed by atoms with Crippen molar-refractivity contribution < 1.29 is 55.8 Å². The number of Topliss-reactive ketones (excluding diaryl/α,β-unsaturated/α-hetero) is 4. The van der Waals surface area contributed by atoms with Crippen molar-refractivity contribution in [3.63, 3.8) is 0 Å². The number of fused-ring (bicyclic) bond motifs is 7. The molecule has 0 fully saturated rings. The predicted octanol–water partition coefficient (Wildman–Crippen LogP) is 11.4. The van der Waals surface area contributed by atoms with Crippen LogP contribution in [0.4, 0.5) is 17.6 Å². The second-order valence-electron chi connectivity index (χ2n) is 16.1. The van der Waals surface area contributed by atoms with E-state index in [1.807, 2.05) is 0 Å². The van der Waals surface area contributed by atoms with Crippen LogP contribution in [0, 0.1) is 23.3 Å². The minimum atomic E-state index is -2.31. The number of carbonyl (C=O) groups excluding carboxylic acids is 6. The quantitative estimate of drug-likeness (QED) is 0.0486. The van der Waals surface area contributed by atoms with Crippen molar-refractivity contribution in [1.82, 2.24) is 0 Å². The smallest absolute Gasteiger partial charge is 0.333 e. The minimum Gasteiger partial charge on any atom is -0.459 e. The van der Waals surface area contributed by atoms with E-state index in [9.17, 15) is 46.3 Å². The molecule has 11 rings (SSSR count). The monoisotopic (exact) mass is 930 g/mol. The van der Waals surface area contributed by atoms with E-state index in [0.717, 1.165) is 46.9 Å². The lowest BCUT2D eigenvalue weighted by Crippen LogP contribution is -2.45. The predicted molar refractivity (Wildman–Crippen MR) is 242 cm³/mol. The highest BCUT2D eigenvalue weighted by atomic mass is 32.1. The van der Waals surface area contributed by atoms with Crippen molar-refractivity contribution in [2.24, 2.45) is 0 Å². The third-order valence-corrected chi connectivity index (χ3v) is 14.4. The Bertz CT molecular complexity index is 3280. The lowest BCUT2D eigenvalue weighted by atomic mass is 9.79. The summed E-state index contributed by atoms with van der Waals surface area (Å²) in [5.74, 6) is -9.19. The fourth-order valence-corrected chi connectivity index (χ4v) is 11.3. The summed E-state index contributed by atoms with van der Waals surface area (Å²) in [4.78, 5) is 86.8. The van der Waals surface area contributed by atoms with Crippen LogP contribution in [-0.4, -0.2) is 35.1 Å². The maximum absolute atomic E-state index is 15.0. The van der Waals surface area contributed by atoms with Crippen LogP contribution in [0.25, 0.3) is 43.5 Å². The van der Waals surface area contributed by atoms with Crippen LogP contribution >= 0.6 is 22.7 Å². The second-order valence-corrected chi connectivity index (χ2v) is 18.3. The number of carbonyl (C=O) groups is 6. The van der Waals surface area contributed by atoms with E-state index in [-0.39, 0.29) is 89.0 Å². The topological polar surface area (TPSA) is 121 Å². The van der Waals surface area contributed by atoms with Crippen molar-refractivity contribution >= 4 is 91.4 Å². The molecule has 0 saturated heterocycles. The number of halogens is 4. The summed E-state index contributed by atoms with van der Waals surface area (Å²) < 4.78 is 68.6. The van der Waals surface area contributed by atoms with Gasteiger partial charge in [0.25, 0.3) is 0 Å².